The summed E-state index contributed by atoms with van der Waals surface area (Å²) in [6, 6.07) is 7.27. The Morgan fingerprint density at radius 3 is 2.69 bits per heavy atom. The molecular formula is C11H17N3O2. The minimum atomic E-state index is -0.0346. The van der Waals surface area contributed by atoms with E-state index in [9.17, 15) is 0 Å². The van der Waals surface area contributed by atoms with Gasteiger partial charge in [0.2, 0.25) is 0 Å². The number of anilines is 1. The number of oxime groups is 1. The third-order valence-corrected chi connectivity index (χ3v) is 2.59. The number of nitrogens with two attached hydrogens (primary N) is 1. The van der Waals surface area contributed by atoms with Gasteiger partial charge in [-0.25, -0.2) is 0 Å². The lowest BCUT2D eigenvalue weighted by molar-refractivity contribution is 0.270. The third-order valence-electron chi connectivity index (χ3n) is 2.59. The molecule has 0 bridgehead atoms. The first-order valence-electron chi connectivity index (χ1n) is 5.02. The number of amidine groups is 1. The molecular weight excluding hydrogens is 206 g/mol. The van der Waals surface area contributed by atoms with E-state index in [1.54, 1.807) is 6.07 Å². The van der Waals surface area contributed by atoms with Crippen molar-refractivity contribution in [2.45, 2.75) is 13.0 Å². The van der Waals surface area contributed by atoms with Crippen LogP contribution in [0.15, 0.2) is 29.4 Å². The molecule has 0 fully saturated rings. The fourth-order valence-corrected chi connectivity index (χ4v) is 1.41. The van der Waals surface area contributed by atoms with Crippen molar-refractivity contribution in [3.63, 3.8) is 0 Å². The molecule has 1 aromatic carbocycles. The average Bonchev–Trinajstić information content (AvgIpc) is 2.35. The van der Waals surface area contributed by atoms with Crippen LogP contribution in [0.3, 0.4) is 0 Å². The monoisotopic (exact) mass is 223 g/mol. The molecule has 4 N–H and O–H groups in total. The van der Waals surface area contributed by atoms with Crippen molar-refractivity contribution in [1.82, 2.24) is 0 Å². The maximum Gasteiger partial charge on any atom is 0.172 e. The number of aliphatic hydroxyl groups is 1. The van der Waals surface area contributed by atoms with Crippen molar-refractivity contribution >= 4 is 11.5 Å². The number of para-hydroxylation sites is 1. The topological polar surface area (TPSA) is 82.1 Å². The van der Waals surface area contributed by atoms with Crippen molar-refractivity contribution in [3.8, 4) is 0 Å². The minimum Gasteiger partial charge on any atom is -0.409 e. The summed E-state index contributed by atoms with van der Waals surface area (Å²) in [6.07, 6.45) is 0. The fraction of sp³-hybridized carbons (Fsp3) is 0.364. The number of likely N-dealkylation sites (N-methyl/N-ethyl adjacent to an activating group) is 1. The average molecular weight is 223 g/mol. The first-order chi connectivity index (χ1) is 7.61. The first-order valence-corrected chi connectivity index (χ1v) is 5.02. The van der Waals surface area contributed by atoms with Crippen LogP contribution < -0.4 is 10.6 Å². The van der Waals surface area contributed by atoms with Gasteiger partial charge in [0.1, 0.15) is 0 Å². The maximum atomic E-state index is 9.10. The molecule has 88 valence electrons. The van der Waals surface area contributed by atoms with Crippen LogP contribution in [0.4, 0.5) is 5.69 Å². The molecule has 1 rings (SSSR count). The molecule has 1 aromatic rings. The van der Waals surface area contributed by atoms with Crippen molar-refractivity contribution < 1.29 is 10.3 Å². The summed E-state index contributed by atoms with van der Waals surface area (Å²) in [5.41, 5.74) is 7.05. The van der Waals surface area contributed by atoms with E-state index in [2.05, 4.69) is 5.16 Å². The van der Waals surface area contributed by atoms with E-state index in [1.807, 2.05) is 37.1 Å². The van der Waals surface area contributed by atoms with Gasteiger partial charge in [0.25, 0.3) is 0 Å². The van der Waals surface area contributed by atoms with E-state index in [1.165, 1.54) is 0 Å². The number of rotatable bonds is 4. The zero-order valence-electron chi connectivity index (χ0n) is 9.46. The molecule has 1 atom stereocenters. The normalized spacial score (nSPS) is 13.6. The molecule has 0 aliphatic rings. The van der Waals surface area contributed by atoms with Crippen LogP contribution in [0.25, 0.3) is 0 Å². The van der Waals surface area contributed by atoms with Gasteiger partial charge in [-0.15, -0.1) is 0 Å². The largest absolute Gasteiger partial charge is 0.409 e. The van der Waals surface area contributed by atoms with Crippen LogP contribution in [0.2, 0.25) is 0 Å². The SMILES string of the molecule is CC(CO)N(C)c1ccccc1/C(N)=N/O. The second-order valence-corrected chi connectivity index (χ2v) is 3.64. The highest BCUT2D eigenvalue weighted by molar-refractivity contribution is 6.02. The van der Waals surface area contributed by atoms with Gasteiger partial charge in [-0.1, -0.05) is 17.3 Å². The molecule has 0 saturated heterocycles. The zero-order valence-corrected chi connectivity index (χ0v) is 9.46. The minimum absolute atomic E-state index is 0.0346. The Hall–Kier alpha value is -1.75. The Morgan fingerprint density at radius 2 is 2.12 bits per heavy atom. The van der Waals surface area contributed by atoms with Gasteiger partial charge < -0.3 is 20.9 Å². The Labute approximate surface area is 94.8 Å². The summed E-state index contributed by atoms with van der Waals surface area (Å²) in [4.78, 5) is 1.88. The zero-order chi connectivity index (χ0) is 12.1. The van der Waals surface area contributed by atoms with Crippen LogP contribution in [0.5, 0.6) is 0 Å². The summed E-state index contributed by atoms with van der Waals surface area (Å²) >= 11 is 0. The second-order valence-electron chi connectivity index (χ2n) is 3.64. The summed E-state index contributed by atoms with van der Waals surface area (Å²) in [6.45, 7) is 1.93. The molecule has 16 heavy (non-hydrogen) atoms. The molecule has 1 unspecified atom stereocenters. The fourth-order valence-electron chi connectivity index (χ4n) is 1.41. The lowest BCUT2D eigenvalue weighted by Crippen LogP contribution is -2.33. The van der Waals surface area contributed by atoms with Gasteiger partial charge in [-0.3, -0.25) is 0 Å². The Balaban J connectivity index is 3.13. The summed E-state index contributed by atoms with van der Waals surface area (Å²) in [5, 5.41) is 20.8. The van der Waals surface area contributed by atoms with E-state index in [0.29, 0.717) is 5.56 Å². The molecule has 0 amide bonds. The number of nitrogens with zero attached hydrogens (tertiary/aromatic N) is 2. The molecule has 5 heteroatoms. The molecule has 0 saturated carbocycles. The van der Waals surface area contributed by atoms with Gasteiger partial charge in [0.15, 0.2) is 5.84 Å². The Bertz CT molecular complexity index is 379. The quantitative estimate of drug-likeness (QED) is 0.302. The highest BCUT2D eigenvalue weighted by Gasteiger charge is 2.14. The molecule has 0 aliphatic heterocycles. The molecule has 0 aliphatic carbocycles. The summed E-state index contributed by atoms with van der Waals surface area (Å²) in [7, 11) is 1.85. The maximum absolute atomic E-state index is 9.10. The van der Waals surface area contributed by atoms with E-state index in [-0.39, 0.29) is 18.5 Å². The number of hydrogen-bond donors (Lipinski definition) is 3. The number of aliphatic hydroxyl groups excluding tert-OH is 1. The second kappa shape index (κ2) is 5.37. The van der Waals surface area contributed by atoms with Crippen molar-refractivity contribution in [2.75, 3.05) is 18.6 Å². The van der Waals surface area contributed by atoms with Crippen LogP contribution in [0.1, 0.15) is 12.5 Å². The van der Waals surface area contributed by atoms with Crippen LogP contribution in [0, 0.1) is 0 Å². The van der Waals surface area contributed by atoms with Gasteiger partial charge in [0, 0.05) is 24.3 Å². The van der Waals surface area contributed by atoms with Crippen LogP contribution in [-0.2, 0) is 0 Å². The summed E-state index contributed by atoms with van der Waals surface area (Å²) < 4.78 is 0. The molecule has 0 heterocycles. The van der Waals surface area contributed by atoms with E-state index in [0.717, 1.165) is 5.69 Å². The van der Waals surface area contributed by atoms with E-state index >= 15 is 0 Å². The van der Waals surface area contributed by atoms with Crippen molar-refractivity contribution in [1.29, 1.82) is 0 Å². The van der Waals surface area contributed by atoms with Crippen LogP contribution in [-0.4, -0.2) is 35.8 Å². The lowest BCUT2D eigenvalue weighted by atomic mass is 10.1. The third kappa shape index (κ3) is 2.43. The molecule has 0 spiro atoms. The van der Waals surface area contributed by atoms with Gasteiger partial charge in [-0.2, -0.15) is 0 Å². The highest BCUT2D eigenvalue weighted by atomic mass is 16.4. The first kappa shape index (κ1) is 12.3. The lowest BCUT2D eigenvalue weighted by Gasteiger charge is -2.27. The smallest absolute Gasteiger partial charge is 0.172 e. The van der Waals surface area contributed by atoms with E-state index in [4.69, 9.17) is 16.0 Å². The van der Waals surface area contributed by atoms with Gasteiger partial charge in [0.05, 0.1) is 6.61 Å². The van der Waals surface area contributed by atoms with Crippen molar-refractivity contribution in [3.05, 3.63) is 29.8 Å². The van der Waals surface area contributed by atoms with Gasteiger partial charge in [-0.05, 0) is 19.1 Å². The van der Waals surface area contributed by atoms with Crippen LogP contribution >= 0.6 is 0 Å². The molecule has 0 aromatic heterocycles. The van der Waals surface area contributed by atoms with Crippen molar-refractivity contribution in [2.24, 2.45) is 10.9 Å². The summed E-state index contributed by atoms with van der Waals surface area (Å²) in [5.74, 6) is 0.0626. The predicted molar refractivity (Wildman–Crippen MR) is 63.9 cm³/mol. The number of hydrogen-bond acceptors (Lipinski definition) is 4. The molecule has 0 radical (unpaired) electrons. The standard InChI is InChI=1S/C11H17N3O2/c1-8(7-15)14(2)10-6-4-3-5-9(10)11(12)13-16/h3-6,8,15-16H,7H2,1-2H3,(H2,12,13). The Kier molecular flexibility index (Phi) is 4.13. The van der Waals surface area contributed by atoms with E-state index < -0.39 is 0 Å². The molecule has 5 nitrogen and oxygen atoms in total. The predicted octanol–water partition coefficient (Wildman–Crippen LogP) is 0.598. The highest BCUT2D eigenvalue weighted by Crippen LogP contribution is 2.20. The van der Waals surface area contributed by atoms with Gasteiger partial charge >= 0.3 is 0 Å². The Morgan fingerprint density at radius 1 is 1.50 bits per heavy atom. The number of benzene rings is 1.